The zero-order valence-electron chi connectivity index (χ0n) is 11.4. The molecule has 1 aromatic carbocycles. The summed E-state index contributed by atoms with van der Waals surface area (Å²) in [6.45, 7) is 1.85. The smallest absolute Gasteiger partial charge is 0.310 e. The third-order valence-electron chi connectivity index (χ3n) is 3.98. The molecule has 0 aromatic heterocycles. The van der Waals surface area contributed by atoms with E-state index in [0.717, 1.165) is 6.42 Å². The van der Waals surface area contributed by atoms with E-state index in [1.165, 1.54) is 6.07 Å². The van der Waals surface area contributed by atoms with E-state index in [4.69, 9.17) is 0 Å². The molecule has 0 saturated heterocycles. The van der Waals surface area contributed by atoms with E-state index >= 15 is 0 Å². The molecule has 0 bridgehead atoms. The molecule has 4 nitrogen and oxygen atoms in total. The Balaban J connectivity index is 2.01. The monoisotopic (exact) mass is 279 g/mol. The SMILES string of the molecule is CCc1ccc(NC(=O)CC2(C(=O)O)CCC2)cc1F. The van der Waals surface area contributed by atoms with Crippen LogP contribution in [0.15, 0.2) is 18.2 Å². The average Bonchev–Trinajstić information content (AvgIpc) is 2.33. The second-order valence-corrected chi connectivity index (χ2v) is 5.32. The zero-order valence-corrected chi connectivity index (χ0v) is 11.4. The number of hydrogen-bond acceptors (Lipinski definition) is 2. The predicted octanol–water partition coefficient (Wildman–Crippen LogP) is 2.97. The number of carboxylic acids is 1. The highest BCUT2D eigenvalue weighted by molar-refractivity contribution is 5.94. The molecule has 108 valence electrons. The van der Waals surface area contributed by atoms with Gasteiger partial charge in [0, 0.05) is 12.1 Å². The van der Waals surface area contributed by atoms with Gasteiger partial charge in [0.15, 0.2) is 0 Å². The van der Waals surface area contributed by atoms with Gasteiger partial charge in [0.2, 0.25) is 5.91 Å². The summed E-state index contributed by atoms with van der Waals surface area (Å²) in [5.74, 6) is -1.66. The van der Waals surface area contributed by atoms with Crippen molar-refractivity contribution in [3.05, 3.63) is 29.6 Å². The van der Waals surface area contributed by atoms with Gasteiger partial charge in [0.05, 0.1) is 5.41 Å². The van der Waals surface area contributed by atoms with Crippen molar-refractivity contribution < 1.29 is 19.1 Å². The Labute approximate surface area is 117 Å². The minimum absolute atomic E-state index is 0.0561. The summed E-state index contributed by atoms with van der Waals surface area (Å²) < 4.78 is 13.6. The Kier molecular flexibility index (Phi) is 4.06. The molecule has 1 aliphatic rings. The minimum atomic E-state index is -0.925. The summed E-state index contributed by atoms with van der Waals surface area (Å²) >= 11 is 0. The third kappa shape index (κ3) is 2.81. The average molecular weight is 279 g/mol. The van der Waals surface area contributed by atoms with Crippen LogP contribution in [0.2, 0.25) is 0 Å². The van der Waals surface area contributed by atoms with Crippen LogP contribution in [0.25, 0.3) is 0 Å². The molecule has 0 atom stereocenters. The molecular weight excluding hydrogens is 261 g/mol. The van der Waals surface area contributed by atoms with Crippen molar-refractivity contribution in [2.45, 2.75) is 39.0 Å². The highest BCUT2D eigenvalue weighted by Gasteiger charge is 2.45. The van der Waals surface area contributed by atoms with Crippen LogP contribution in [0, 0.1) is 11.2 Å². The maximum Gasteiger partial charge on any atom is 0.310 e. The highest BCUT2D eigenvalue weighted by Crippen LogP contribution is 2.44. The fourth-order valence-electron chi connectivity index (χ4n) is 2.49. The lowest BCUT2D eigenvalue weighted by Gasteiger charge is -2.36. The largest absolute Gasteiger partial charge is 0.481 e. The number of benzene rings is 1. The Morgan fingerprint density at radius 2 is 2.10 bits per heavy atom. The van der Waals surface area contributed by atoms with Crippen LogP contribution >= 0.6 is 0 Å². The molecule has 0 radical (unpaired) electrons. The molecule has 1 fully saturated rings. The van der Waals surface area contributed by atoms with E-state index < -0.39 is 11.4 Å². The van der Waals surface area contributed by atoms with Crippen LogP contribution in [0.3, 0.4) is 0 Å². The zero-order chi connectivity index (χ0) is 14.8. The Morgan fingerprint density at radius 1 is 1.40 bits per heavy atom. The molecule has 2 N–H and O–H groups in total. The predicted molar refractivity (Wildman–Crippen MR) is 72.9 cm³/mol. The number of halogens is 1. The fourth-order valence-corrected chi connectivity index (χ4v) is 2.49. The number of carboxylic acid groups (broad SMARTS) is 1. The van der Waals surface area contributed by atoms with Crippen LogP contribution in [0.5, 0.6) is 0 Å². The summed E-state index contributed by atoms with van der Waals surface area (Å²) in [6.07, 6.45) is 2.42. The highest BCUT2D eigenvalue weighted by atomic mass is 19.1. The van der Waals surface area contributed by atoms with Gasteiger partial charge in [-0.1, -0.05) is 19.4 Å². The molecule has 5 heteroatoms. The topological polar surface area (TPSA) is 66.4 Å². The molecule has 1 aliphatic carbocycles. The first-order valence-corrected chi connectivity index (χ1v) is 6.78. The van der Waals surface area contributed by atoms with E-state index in [1.54, 1.807) is 12.1 Å². The number of nitrogens with one attached hydrogen (secondary N) is 1. The van der Waals surface area contributed by atoms with E-state index in [2.05, 4.69) is 5.32 Å². The molecule has 2 rings (SSSR count). The minimum Gasteiger partial charge on any atom is -0.481 e. The van der Waals surface area contributed by atoms with Crippen LogP contribution in [-0.2, 0) is 16.0 Å². The second kappa shape index (κ2) is 5.61. The van der Waals surface area contributed by atoms with Gasteiger partial charge in [-0.3, -0.25) is 9.59 Å². The molecule has 0 heterocycles. The molecule has 0 aliphatic heterocycles. The quantitative estimate of drug-likeness (QED) is 0.870. The Hall–Kier alpha value is -1.91. The van der Waals surface area contributed by atoms with Gasteiger partial charge in [0.25, 0.3) is 0 Å². The van der Waals surface area contributed by atoms with Crippen molar-refractivity contribution in [2.75, 3.05) is 5.32 Å². The van der Waals surface area contributed by atoms with E-state index in [9.17, 15) is 19.1 Å². The molecule has 1 aromatic rings. The van der Waals surface area contributed by atoms with Crippen molar-refractivity contribution in [3.8, 4) is 0 Å². The summed E-state index contributed by atoms with van der Waals surface area (Å²) in [7, 11) is 0. The number of aliphatic carboxylic acids is 1. The van der Waals surface area contributed by atoms with Crippen LogP contribution in [0.4, 0.5) is 10.1 Å². The maximum atomic E-state index is 13.6. The van der Waals surface area contributed by atoms with Crippen molar-refractivity contribution in [1.29, 1.82) is 0 Å². The summed E-state index contributed by atoms with van der Waals surface area (Å²) in [5.41, 5.74) is 0.0278. The molecule has 0 spiro atoms. The Bertz CT molecular complexity index is 538. The molecule has 20 heavy (non-hydrogen) atoms. The lowest BCUT2D eigenvalue weighted by molar-refractivity contribution is -0.157. The summed E-state index contributed by atoms with van der Waals surface area (Å²) in [5, 5.41) is 11.7. The van der Waals surface area contributed by atoms with E-state index in [0.29, 0.717) is 30.5 Å². The number of rotatable bonds is 5. The number of amides is 1. The van der Waals surface area contributed by atoms with Crippen molar-refractivity contribution in [2.24, 2.45) is 5.41 Å². The van der Waals surface area contributed by atoms with Crippen molar-refractivity contribution >= 4 is 17.6 Å². The second-order valence-electron chi connectivity index (χ2n) is 5.32. The van der Waals surface area contributed by atoms with Crippen LogP contribution < -0.4 is 5.32 Å². The van der Waals surface area contributed by atoms with Crippen LogP contribution in [-0.4, -0.2) is 17.0 Å². The van der Waals surface area contributed by atoms with E-state index in [1.807, 2.05) is 6.92 Å². The van der Waals surface area contributed by atoms with Gasteiger partial charge in [-0.15, -0.1) is 0 Å². The molecule has 0 unspecified atom stereocenters. The molecule has 1 saturated carbocycles. The normalized spacial score (nSPS) is 16.3. The van der Waals surface area contributed by atoms with Gasteiger partial charge < -0.3 is 10.4 Å². The van der Waals surface area contributed by atoms with Gasteiger partial charge >= 0.3 is 5.97 Å². The lowest BCUT2D eigenvalue weighted by atomic mass is 9.66. The van der Waals surface area contributed by atoms with Gasteiger partial charge in [-0.05, 0) is 37.0 Å². The number of hydrogen-bond donors (Lipinski definition) is 2. The number of aryl methyl sites for hydroxylation is 1. The maximum absolute atomic E-state index is 13.6. The molecule has 1 amide bonds. The van der Waals surface area contributed by atoms with Crippen molar-refractivity contribution in [3.63, 3.8) is 0 Å². The Morgan fingerprint density at radius 3 is 2.55 bits per heavy atom. The van der Waals surface area contributed by atoms with Crippen molar-refractivity contribution in [1.82, 2.24) is 0 Å². The number of anilines is 1. The standard InChI is InChI=1S/C15H18FNO3/c1-2-10-4-5-11(8-12(10)16)17-13(18)9-15(14(19)20)6-3-7-15/h4-5,8H,2-3,6-7,9H2,1H3,(H,17,18)(H,19,20). The lowest BCUT2D eigenvalue weighted by Crippen LogP contribution is -2.41. The first kappa shape index (κ1) is 14.5. The van der Waals surface area contributed by atoms with E-state index in [-0.39, 0.29) is 18.1 Å². The first-order chi connectivity index (χ1) is 9.47. The first-order valence-electron chi connectivity index (χ1n) is 6.78. The van der Waals surface area contributed by atoms with Gasteiger partial charge in [0.1, 0.15) is 5.82 Å². The van der Waals surface area contributed by atoms with Gasteiger partial charge in [-0.25, -0.2) is 4.39 Å². The summed E-state index contributed by atoms with van der Waals surface area (Å²) in [6, 6.07) is 4.53. The number of carbonyl (C=O) groups excluding carboxylic acids is 1. The molecular formula is C15H18FNO3. The van der Waals surface area contributed by atoms with Crippen LogP contribution in [0.1, 0.15) is 38.2 Å². The van der Waals surface area contributed by atoms with Gasteiger partial charge in [-0.2, -0.15) is 0 Å². The number of carbonyl (C=O) groups is 2. The fraction of sp³-hybridized carbons (Fsp3) is 0.467. The summed E-state index contributed by atoms with van der Waals surface area (Å²) in [4.78, 5) is 23.1. The third-order valence-corrected chi connectivity index (χ3v) is 3.98.